The van der Waals surface area contributed by atoms with Crippen molar-refractivity contribution in [2.45, 2.75) is 66.9 Å². The van der Waals surface area contributed by atoms with E-state index in [1.807, 2.05) is 6.08 Å². The summed E-state index contributed by atoms with van der Waals surface area (Å²) in [5.74, 6) is 1.73. The Labute approximate surface area is 165 Å². The molecule has 2 aliphatic rings. The van der Waals surface area contributed by atoms with Gasteiger partial charge in [-0.2, -0.15) is 0 Å². The first kappa shape index (κ1) is 21.9. The van der Waals surface area contributed by atoms with E-state index in [4.69, 9.17) is 5.11 Å². The number of aliphatic hydroxyl groups is 1. The van der Waals surface area contributed by atoms with Gasteiger partial charge in [0.15, 0.2) is 0 Å². The predicted molar refractivity (Wildman–Crippen MR) is 111 cm³/mol. The van der Waals surface area contributed by atoms with E-state index in [1.165, 1.54) is 11.6 Å². The number of carbonyl (C=O) groups is 1. The van der Waals surface area contributed by atoms with Crippen molar-refractivity contribution < 1.29 is 15.0 Å². The Bertz CT molecular complexity index is 608. The third-order valence-corrected chi connectivity index (χ3v) is 6.55. The van der Waals surface area contributed by atoms with Crippen LogP contribution in [0, 0.1) is 40.9 Å². The first-order chi connectivity index (χ1) is 12.5. The molecule has 0 unspecified atom stereocenters. The lowest BCUT2D eigenvalue weighted by atomic mass is 9.53. The Morgan fingerprint density at radius 1 is 1.07 bits per heavy atom. The standard InChI is InChI=1S/C24H38O3/c1-15-11-12-20(25)19-13-16(2)22(17(3)14-24(4,5)6)18(23(15)19)9-7-8-10-21(26)27/h7-10,14-16,18-20,22-23,25H,11-13H2,1-6H3,(H,26,27)/t15-,16+,18+,19-,20-,22-,23-/m0/s1. The van der Waals surface area contributed by atoms with Crippen LogP contribution in [0.15, 0.2) is 36.0 Å². The number of fused-ring (bicyclic) bond motifs is 1. The zero-order chi connectivity index (χ0) is 20.4. The maximum atomic E-state index is 10.8. The van der Waals surface area contributed by atoms with Gasteiger partial charge in [0.05, 0.1) is 6.10 Å². The Morgan fingerprint density at radius 3 is 2.33 bits per heavy atom. The van der Waals surface area contributed by atoms with E-state index < -0.39 is 5.97 Å². The number of hydrogen-bond acceptors (Lipinski definition) is 2. The van der Waals surface area contributed by atoms with Crippen molar-refractivity contribution in [1.29, 1.82) is 0 Å². The number of aliphatic carboxylic acids is 1. The molecule has 2 rings (SSSR count). The number of rotatable bonds is 4. The first-order valence-corrected chi connectivity index (χ1v) is 10.5. The van der Waals surface area contributed by atoms with E-state index >= 15 is 0 Å². The monoisotopic (exact) mass is 374 g/mol. The van der Waals surface area contributed by atoms with E-state index in [9.17, 15) is 9.90 Å². The van der Waals surface area contributed by atoms with Crippen LogP contribution in [0.3, 0.4) is 0 Å². The molecule has 0 aromatic heterocycles. The maximum Gasteiger partial charge on any atom is 0.328 e. The Hall–Kier alpha value is -1.35. The number of carboxylic acids is 1. The lowest BCUT2D eigenvalue weighted by Gasteiger charge is -2.52. The second kappa shape index (κ2) is 8.77. The molecule has 0 aliphatic heterocycles. The summed E-state index contributed by atoms with van der Waals surface area (Å²) in [6.07, 6.45) is 12.2. The second-order valence-corrected chi connectivity index (χ2v) is 10.0. The molecule has 0 aromatic rings. The molecule has 2 saturated carbocycles. The van der Waals surface area contributed by atoms with E-state index in [0.29, 0.717) is 35.5 Å². The minimum atomic E-state index is -0.920. The third-order valence-electron chi connectivity index (χ3n) is 6.55. The number of carboxylic acid groups (broad SMARTS) is 1. The summed E-state index contributed by atoms with van der Waals surface area (Å²) in [4.78, 5) is 10.8. The van der Waals surface area contributed by atoms with Gasteiger partial charge in [0.2, 0.25) is 0 Å². The summed E-state index contributed by atoms with van der Waals surface area (Å²) >= 11 is 0. The van der Waals surface area contributed by atoms with E-state index in [-0.39, 0.29) is 11.5 Å². The highest BCUT2D eigenvalue weighted by atomic mass is 16.4. The van der Waals surface area contributed by atoms with Crippen LogP contribution in [0.4, 0.5) is 0 Å². The van der Waals surface area contributed by atoms with Crippen molar-refractivity contribution in [1.82, 2.24) is 0 Å². The van der Waals surface area contributed by atoms with Crippen molar-refractivity contribution in [3.05, 3.63) is 36.0 Å². The van der Waals surface area contributed by atoms with Crippen molar-refractivity contribution in [3.8, 4) is 0 Å². The van der Waals surface area contributed by atoms with Gasteiger partial charge >= 0.3 is 5.97 Å². The molecule has 0 bridgehead atoms. The Morgan fingerprint density at radius 2 is 1.74 bits per heavy atom. The van der Waals surface area contributed by atoms with Crippen LogP contribution in [-0.2, 0) is 4.79 Å². The fraction of sp³-hybridized carbons (Fsp3) is 0.708. The Balaban J connectivity index is 2.42. The van der Waals surface area contributed by atoms with Crippen LogP contribution in [0.5, 0.6) is 0 Å². The quantitative estimate of drug-likeness (QED) is 0.390. The van der Waals surface area contributed by atoms with Gasteiger partial charge in [0.1, 0.15) is 0 Å². The molecule has 0 spiro atoms. The zero-order valence-corrected chi connectivity index (χ0v) is 17.9. The van der Waals surface area contributed by atoms with Gasteiger partial charge in [-0.1, -0.05) is 64.5 Å². The molecule has 0 amide bonds. The van der Waals surface area contributed by atoms with E-state index in [0.717, 1.165) is 19.3 Å². The van der Waals surface area contributed by atoms with Gasteiger partial charge in [0, 0.05) is 6.08 Å². The molecule has 27 heavy (non-hydrogen) atoms. The topological polar surface area (TPSA) is 57.5 Å². The third kappa shape index (κ3) is 5.57. The van der Waals surface area contributed by atoms with Gasteiger partial charge in [-0.15, -0.1) is 0 Å². The van der Waals surface area contributed by atoms with Gasteiger partial charge in [-0.3, -0.25) is 0 Å². The summed E-state index contributed by atoms with van der Waals surface area (Å²) in [6.45, 7) is 13.6. The highest BCUT2D eigenvalue weighted by Gasteiger charge is 2.48. The average molecular weight is 375 g/mol. The van der Waals surface area contributed by atoms with E-state index in [2.05, 4.69) is 53.7 Å². The fourth-order valence-corrected chi connectivity index (χ4v) is 5.80. The molecule has 0 heterocycles. The van der Waals surface area contributed by atoms with Crippen LogP contribution in [0.25, 0.3) is 0 Å². The predicted octanol–water partition coefficient (Wildman–Crippen LogP) is 5.47. The van der Waals surface area contributed by atoms with E-state index in [1.54, 1.807) is 6.08 Å². The lowest BCUT2D eigenvalue weighted by Crippen LogP contribution is -2.49. The van der Waals surface area contributed by atoms with Crippen molar-refractivity contribution >= 4 is 5.97 Å². The first-order valence-electron chi connectivity index (χ1n) is 10.5. The van der Waals surface area contributed by atoms with Crippen molar-refractivity contribution in [3.63, 3.8) is 0 Å². The molecule has 3 nitrogen and oxygen atoms in total. The van der Waals surface area contributed by atoms with Gasteiger partial charge in [0.25, 0.3) is 0 Å². The molecule has 3 heteroatoms. The summed E-state index contributed by atoms with van der Waals surface area (Å²) in [7, 11) is 0. The summed E-state index contributed by atoms with van der Waals surface area (Å²) in [5.41, 5.74) is 1.56. The molecule has 0 aromatic carbocycles. The van der Waals surface area contributed by atoms with Crippen LogP contribution in [-0.4, -0.2) is 22.3 Å². The normalized spacial score (nSPS) is 38.3. The molecule has 7 atom stereocenters. The van der Waals surface area contributed by atoms with Crippen molar-refractivity contribution in [2.24, 2.45) is 40.9 Å². The highest BCUT2D eigenvalue weighted by Crippen LogP contribution is 2.53. The minimum absolute atomic E-state index is 0.135. The summed E-state index contributed by atoms with van der Waals surface area (Å²) in [6, 6.07) is 0. The van der Waals surface area contributed by atoms with Gasteiger partial charge < -0.3 is 10.2 Å². The average Bonchev–Trinajstić information content (AvgIpc) is 2.52. The molecule has 152 valence electrons. The summed E-state index contributed by atoms with van der Waals surface area (Å²) < 4.78 is 0. The highest BCUT2D eigenvalue weighted by molar-refractivity contribution is 5.80. The summed E-state index contributed by atoms with van der Waals surface area (Å²) in [5, 5.41) is 19.5. The van der Waals surface area contributed by atoms with Crippen LogP contribution >= 0.6 is 0 Å². The second-order valence-electron chi connectivity index (χ2n) is 10.0. The Kier molecular flexibility index (Phi) is 7.13. The van der Waals surface area contributed by atoms with Crippen LogP contribution in [0.1, 0.15) is 60.8 Å². The molecule has 0 saturated heterocycles. The largest absolute Gasteiger partial charge is 0.478 e. The fourth-order valence-electron chi connectivity index (χ4n) is 5.80. The van der Waals surface area contributed by atoms with Gasteiger partial charge in [-0.05, 0) is 67.1 Å². The molecule has 2 aliphatic carbocycles. The number of hydrogen-bond donors (Lipinski definition) is 2. The molecule has 2 N–H and O–H groups in total. The molecule has 2 fully saturated rings. The minimum Gasteiger partial charge on any atom is -0.478 e. The van der Waals surface area contributed by atoms with Crippen molar-refractivity contribution in [2.75, 3.05) is 0 Å². The molecule has 0 radical (unpaired) electrons. The molecular weight excluding hydrogens is 336 g/mol. The van der Waals surface area contributed by atoms with Crippen LogP contribution in [0.2, 0.25) is 0 Å². The van der Waals surface area contributed by atoms with Crippen LogP contribution < -0.4 is 0 Å². The SMILES string of the molecule is CC(=CC(C)(C)C)[C@H]1[C@@H](C=CC=CC(=O)O)[C@H]2[C@@H](C[C@H]1C)[C@@H](O)CC[C@@H]2C. The smallest absolute Gasteiger partial charge is 0.328 e. The number of allylic oxidation sites excluding steroid dienone is 5. The molecular formula is C24H38O3. The lowest BCUT2D eigenvalue weighted by molar-refractivity contribution is -0.131. The number of aliphatic hydroxyl groups excluding tert-OH is 1. The van der Waals surface area contributed by atoms with Gasteiger partial charge in [-0.25, -0.2) is 4.79 Å². The maximum absolute atomic E-state index is 10.8. The zero-order valence-electron chi connectivity index (χ0n) is 17.9.